The van der Waals surface area contributed by atoms with Crippen molar-refractivity contribution in [2.75, 3.05) is 26.7 Å². The van der Waals surface area contributed by atoms with Crippen LogP contribution in [0.5, 0.6) is 5.75 Å². The summed E-state index contributed by atoms with van der Waals surface area (Å²) in [5.41, 5.74) is 8.94. The maximum absolute atomic E-state index is 11.8. The SMILES string of the molecule is COc1ccc(C2CN(CCN)C(=O)N2)c(C)c1C. The third-order valence-electron chi connectivity index (χ3n) is 3.76. The van der Waals surface area contributed by atoms with Crippen LogP contribution in [0.3, 0.4) is 0 Å². The van der Waals surface area contributed by atoms with Crippen molar-refractivity contribution in [1.29, 1.82) is 0 Å². The van der Waals surface area contributed by atoms with Crippen molar-refractivity contribution < 1.29 is 9.53 Å². The highest BCUT2D eigenvalue weighted by atomic mass is 16.5. The molecule has 0 bridgehead atoms. The highest BCUT2D eigenvalue weighted by Crippen LogP contribution is 2.29. The first kappa shape index (κ1) is 13.7. The summed E-state index contributed by atoms with van der Waals surface area (Å²) in [6, 6.07) is 3.97. The van der Waals surface area contributed by atoms with Crippen LogP contribution in [0, 0.1) is 13.8 Å². The molecule has 0 radical (unpaired) electrons. The minimum atomic E-state index is -0.0386. The number of hydrogen-bond donors (Lipinski definition) is 2. The fraction of sp³-hybridized carbons (Fsp3) is 0.500. The number of hydrogen-bond acceptors (Lipinski definition) is 3. The number of ether oxygens (including phenoxy) is 1. The second kappa shape index (κ2) is 5.48. The Morgan fingerprint density at radius 2 is 2.16 bits per heavy atom. The first-order valence-corrected chi connectivity index (χ1v) is 6.48. The first-order chi connectivity index (χ1) is 9.08. The molecular formula is C14H21N3O2. The van der Waals surface area contributed by atoms with E-state index in [0.29, 0.717) is 19.6 Å². The average Bonchev–Trinajstić information content (AvgIpc) is 2.74. The van der Waals surface area contributed by atoms with Crippen molar-refractivity contribution in [3.05, 3.63) is 28.8 Å². The predicted molar refractivity (Wildman–Crippen MR) is 74.4 cm³/mol. The van der Waals surface area contributed by atoms with Gasteiger partial charge in [-0.05, 0) is 36.6 Å². The van der Waals surface area contributed by atoms with Crippen LogP contribution in [0.25, 0.3) is 0 Å². The van der Waals surface area contributed by atoms with Crippen LogP contribution in [0.4, 0.5) is 4.79 Å². The summed E-state index contributed by atoms with van der Waals surface area (Å²) in [5, 5.41) is 3.00. The minimum absolute atomic E-state index is 0.0312. The van der Waals surface area contributed by atoms with Crippen molar-refractivity contribution >= 4 is 6.03 Å². The lowest BCUT2D eigenvalue weighted by Gasteiger charge is -2.17. The van der Waals surface area contributed by atoms with E-state index in [-0.39, 0.29) is 12.1 Å². The van der Waals surface area contributed by atoms with E-state index in [4.69, 9.17) is 10.5 Å². The summed E-state index contributed by atoms with van der Waals surface area (Å²) in [6.07, 6.45) is 0. The van der Waals surface area contributed by atoms with Crippen molar-refractivity contribution in [2.24, 2.45) is 5.73 Å². The Morgan fingerprint density at radius 3 is 2.79 bits per heavy atom. The number of methoxy groups -OCH3 is 1. The molecule has 0 saturated carbocycles. The van der Waals surface area contributed by atoms with Gasteiger partial charge in [-0.15, -0.1) is 0 Å². The van der Waals surface area contributed by atoms with E-state index >= 15 is 0 Å². The minimum Gasteiger partial charge on any atom is -0.496 e. The Kier molecular flexibility index (Phi) is 3.95. The van der Waals surface area contributed by atoms with Gasteiger partial charge in [-0.25, -0.2) is 4.79 Å². The zero-order chi connectivity index (χ0) is 14.0. The lowest BCUT2D eigenvalue weighted by atomic mass is 9.97. The van der Waals surface area contributed by atoms with E-state index in [1.807, 2.05) is 19.1 Å². The van der Waals surface area contributed by atoms with Crippen molar-refractivity contribution in [3.63, 3.8) is 0 Å². The first-order valence-electron chi connectivity index (χ1n) is 6.48. The Labute approximate surface area is 113 Å². The van der Waals surface area contributed by atoms with Crippen LogP contribution in [0.15, 0.2) is 12.1 Å². The number of carbonyl (C=O) groups is 1. The van der Waals surface area contributed by atoms with Gasteiger partial charge >= 0.3 is 6.03 Å². The Hall–Kier alpha value is -1.75. The fourth-order valence-corrected chi connectivity index (χ4v) is 2.53. The van der Waals surface area contributed by atoms with Crippen LogP contribution in [0.1, 0.15) is 22.7 Å². The molecule has 0 spiro atoms. The molecule has 0 aromatic heterocycles. The molecule has 1 unspecified atom stereocenters. The van der Waals surface area contributed by atoms with Crippen LogP contribution in [0.2, 0.25) is 0 Å². The molecule has 1 aromatic rings. The highest BCUT2D eigenvalue weighted by molar-refractivity contribution is 5.77. The zero-order valence-electron chi connectivity index (χ0n) is 11.7. The van der Waals surface area contributed by atoms with Crippen LogP contribution in [-0.2, 0) is 0 Å². The number of amides is 2. The zero-order valence-corrected chi connectivity index (χ0v) is 11.7. The molecule has 1 aliphatic heterocycles. The maximum Gasteiger partial charge on any atom is 0.318 e. The molecule has 19 heavy (non-hydrogen) atoms. The molecule has 5 nitrogen and oxygen atoms in total. The van der Waals surface area contributed by atoms with Crippen molar-refractivity contribution in [1.82, 2.24) is 10.2 Å². The predicted octanol–water partition coefficient (Wildman–Crippen LogP) is 1.34. The largest absolute Gasteiger partial charge is 0.496 e. The fourth-order valence-electron chi connectivity index (χ4n) is 2.53. The van der Waals surface area contributed by atoms with Crippen molar-refractivity contribution in [2.45, 2.75) is 19.9 Å². The molecule has 1 fully saturated rings. The van der Waals surface area contributed by atoms with Gasteiger partial charge in [0, 0.05) is 19.6 Å². The van der Waals surface area contributed by atoms with E-state index in [2.05, 4.69) is 12.2 Å². The highest BCUT2D eigenvalue weighted by Gasteiger charge is 2.30. The second-order valence-electron chi connectivity index (χ2n) is 4.84. The van der Waals surface area contributed by atoms with Gasteiger partial charge in [0.2, 0.25) is 0 Å². The Balaban J connectivity index is 2.24. The lowest BCUT2D eigenvalue weighted by molar-refractivity contribution is 0.218. The maximum atomic E-state index is 11.8. The van der Waals surface area contributed by atoms with E-state index in [9.17, 15) is 4.79 Å². The lowest BCUT2D eigenvalue weighted by Crippen LogP contribution is -2.32. The monoisotopic (exact) mass is 263 g/mol. The molecule has 3 N–H and O–H groups in total. The van der Waals surface area contributed by atoms with Gasteiger partial charge in [-0.2, -0.15) is 0 Å². The summed E-state index contributed by atoms with van der Waals surface area (Å²) in [6.45, 7) is 5.84. The Morgan fingerprint density at radius 1 is 1.42 bits per heavy atom. The van der Waals surface area contributed by atoms with Crippen LogP contribution in [-0.4, -0.2) is 37.7 Å². The van der Waals surface area contributed by atoms with Gasteiger partial charge in [0.15, 0.2) is 0 Å². The smallest absolute Gasteiger partial charge is 0.318 e. The molecular weight excluding hydrogens is 242 g/mol. The molecule has 5 heteroatoms. The van der Waals surface area contributed by atoms with Gasteiger partial charge < -0.3 is 20.7 Å². The molecule has 1 aliphatic rings. The van der Waals surface area contributed by atoms with E-state index in [1.54, 1.807) is 12.0 Å². The second-order valence-corrected chi connectivity index (χ2v) is 4.84. The van der Waals surface area contributed by atoms with E-state index < -0.39 is 0 Å². The number of rotatable bonds is 4. The summed E-state index contributed by atoms with van der Waals surface area (Å²) < 4.78 is 5.31. The number of urea groups is 1. The molecule has 2 amide bonds. The van der Waals surface area contributed by atoms with Gasteiger partial charge in [-0.1, -0.05) is 6.07 Å². The molecule has 2 rings (SSSR count). The average molecular weight is 263 g/mol. The van der Waals surface area contributed by atoms with E-state index in [0.717, 1.165) is 16.9 Å². The molecule has 104 valence electrons. The summed E-state index contributed by atoms with van der Waals surface area (Å²) in [4.78, 5) is 13.6. The number of nitrogens with zero attached hydrogens (tertiary/aromatic N) is 1. The summed E-state index contributed by atoms with van der Waals surface area (Å²) >= 11 is 0. The van der Waals surface area contributed by atoms with Gasteiger partial charge in [0.25, 0.3) is 0 Å². The summed E-state index contributed by atoms with van der Waals surface area (Å²) in [5.74, 6) is 0.879. The number of benzene rings is 1. The molecule has 1 saturated heterocycles. The quantitative estimate of drug-likeness (QED) is 0.861. The molecule has 0 aliphatic carbocycles. The van der Waals surface area contributed by atoms with Crippen LogP contribution < -0.4 is 15.8 Å². The van der Waals surface area contributed by atoms with Crippen LogP contribution >= 0.6 is 0 Å². The molecule has 1 atom stereocenters. The normalized spacial score (nSPS) is 18.6. The third-order valence-corrected chi connectivity index (χ3v) is 3.76. The molecule has 1 heterocycles. The van der Waals surface area contributed by atoms with Crippen molar-refractivity contribution in [3.8, 4) is 5.75 Å². The van der Waals surface area contributed by atoms with Gasteiger partial charge in [-0.3, -0.25) is 0 Å². The third kappa shape index (κ3) is 2.51. The molecule has 1 aromatic carbocycles. The standard InChI is InChI=1S/C14H21N3O2/c1-9-10(2)13(19-3)5-4-11(9)12-8-17(7-6-15)14(18)16-12/h4-5,12H,6-8,15H2,1-3H3,(H,16,18). The Bertz CT molecular complexity index is 488. The van der Waals surface area contributed by atoms with Gasteiger partial charge in [0.05, 0.1) is 13.2 Å². The number of carbonyl (C=O) groups excluding carboxylic acids is 1. The topological polar surface area (TPSA) is 67.6 Å². The number of nitrogens with two attached hydrogens (primary N) is 1. The summed E-state index contributed by atoms with van der Waals surface area (Å²) in [7, 11) is 1.67. The number of nitrogens with one attached hydrogen (secondary N) is 1. The van der Waals surface area contributed by atoms with E-state index in [1.165, 1.54) is 5.56 Å². The van der Waals surface area contributed by atoms with Gasteiger partial charge in [0.1, 0.15) is 5.75 Å².